The van der Waals surface area contributed by atoms with Gasteiger partial charge in [0.2, 0.25) is 0 Å². The molecule has 0 N–H and O–H groups in total. The van der Waals surface area contributed by atoms with E-state index >= 15 is 0 Å². The molecular formula is C15H17BrN2O. The fourth-order valence-electron chi connectivity index (χ4n) is 1.96. The third-order valence-electron chi connectivity index (χ3n) is 2.85. The Labute approximate surface area is 122 Å². The summed E-state index contributed by atoms with van der Waals surface area (Å²) in [5.41, 5.74) is 2.24. The number of ether oxygens (including phenoxy) is 1. The predicted molar refractivity (Wildman–Crippen MR) is 80.1 cm³/mol. The van der Waals surface area contributed by atoms with Gasteiger partial charge in [0.05, 0.1) is 12.8 Å². The minimum absolute atomic E-state index is 0.811. The molecule has 0 aliphatic rings. The average Bonchev–Trinajstić information content (AvgIpc) is 2.42. The van der Waals surface area contributed by atoms with Crippen LogP contribution in [-0.2, 0) is 13.1 Å². The Kier molecular flexibility index (Phi) is 4.93. The lowest BCUT2D eigenvalue weighted by atomic mass is 10.2. The van der Waals surface area contributed by atoms with Crippen molar-refractivity contribution in [3.05, 3.63) is 58.3 Å². The number of hydrogen-bond donors (Lipinski definition) is 0. The monoisotopic (exact) mass is 320 g/mol. The van der Waals surface area contributed by atoms with E-state index in [-0.39, 0.29) is 0 Å². The highest BCUT2D eigenvalue weighted by Crippen LogP contribution is 2.19. The number of rotatable bonds is 5. The molecule has 0 fully saturated rings. The van der Waals surface area contributed by atoms with Gasteiger partial charge in [-0.15, -0.1) is 0 Å². The van der Waals surface area contributed by atoms with E-state index in [0.717, 1.165) is 29.0 Å². The number of nitrogens with zero attached hydrogens (tertiary/aromatic N) is 2. The Morgan fingerprint density at radius 2 is 1.95 bits per heavy atom. The molecule has 2 aromatic rings. The number of aromatic nitrogens is 1. The van der Waals surface area contributed by atoms with Crippen LogP contribution < -0.4 is 4.74 Å². The van der Waals surface area contributed by atoms with Crippen molar-refractivity contribution in [1.82, 2.24) is 9.88 Å². The van der Waals surface area contributed by atoms with Gasteiger partial charge in [0, 0.05) is 29.3 Å². The van der Waals surface area contributed by atoms with Crippen LogP contribution in [0.1, 0.15) is 11.3 Å². The first-order valence-corrected chi connectivity index (χ1v) is 6.89. The summed E-state index contributed by atoms with van der Waals surface area (Å²) < 4.78 is 6.37. The minimum Gasteiger partial charge on any atom is -0.496 e. The fourth-order valence-corrected chi connectivity index (χ4v) is 2.19. The largest absolute Gasteiger partial charge is 0.496 e. The van der Waals surface area contributed by atoms with Crippen molar-refractivity contribution in [3.63, 3.8) is 0 Å². The maximum atomic E-state index is 5.36. The molecule has 100 valence electrons. The van der Waals surface area contributed by atoms with Crippen molar-refractivity contribution in [1.29, 1.82) is 0 Å². The maximum absolute atomic E-state index is 5.36. The van der Waals surface area contributed by atoms with Crippen LogP contribution in [0, 0.1) is 0 Å². The Balaban J connectivity index is 2.01. The van der Waals surface area contributed by atoms with Gasteiger partial charge in [-0.3, -0.25) is 9.88 Å². The van der Waals surface area contributed by atoms with Crippen LogP contribution in [0.4, 0.5) is 0 Å². The van der Waals surface area contributed by atoms with E-state index in [1.807, 2.05) is 36.5 Å². The molecular weight excluding hydrogens is 304 g/mol. The molecule has 1 heterocycles. The molecule has 0 aliphatic heterocycles. The summed E-state index contributed by atoms with van der Waals surface area (Å²) in [6, 6.07) is 12.1. The van der Waals surface area contributed by atoms with Gasteiger partial charge in [-0.1, -0.05) is 18.2 Å². The number of methoxy groups -OCH3 is 1. The first-order chi connectivity index (χ1) is 9.19. The topological polar surface area (TPSA) is 25.4 Å². The normalized spacial score (nSPS) is 10.7. The quantitative estimate of drug-likeness (QED) is 0.843. The zero-order valence-corrected chi connectivity index (χ0v) is 12.7. The summed E-state index contributed by atoms with van der Waals surface area (Å²) in [4.78, 5) is 6.60. The van der Waals surface area contributed by atoms with Gasteiger partial charge in [-0.05, 0) is 41.2 Å². The van der Waals surface area contributed by atoms with E-state index in [2.05, 4.69) is 38.9 Å². The van der Waals surface area contributed by atoms with Crippen molar-refractivity contribution in [2.24, 2.45) is 0 Å². The number of halogens is 1. The third-order valence-corrected chi connectivity index (χ3v) is 3.32. The Morgan fingerprint density at radius 1 is 1.16 bits per heavy atom. The molecule has 0 amide bonds. The highest BCUT2D eigenvalue weighted by molar-refractivity contribution is 9.10. The number of pyridine rings is 1. The van der Waals surface area contributed by atoms with Gasteiger partial charge >= 0.3 is 0 Å². The van der Waals surface area contributed by atoms with Crippen LogP contribution in [0.15, 0.2) is 47.1 Å². The zero-order chi connectivity index (χ0) is 13.7. The second-order valence-electron chi connectivity index (χ2n) is 4.45. The zero-order valence-electron chi connectivity index (χ0n) is 11.1. The molecule has 1 aromatic heterocycles. The Hall–Kier alpha value is -1.39. The SMILES string of the molecule is COc1ccccc1CN(C)Cc1ccc(Br)cn1. The lowest BCUT2D eigenvalue weighted by Gasteiger charge is -2.18. The van der Waals surface area contributed by atoms with Crippen molar-refractivity contribution in [3.8, 4) is 5.75 Å². The van der Waals surface area contributed by atoms with Crippen LogP contribution in [-0.4, -0.2) is 24.0 Å². The number of para-hydroxylation sites is 1. The summed E-state index contributed by atoms with van der Waals surface area (Å²) >= 11 is 3.39. The highest BCUT2D eigenvalue weighted by Gasteiger charge is 2.06. The first kappa shape index (κ1) is 14.0. The van der Waals surface area contributed by atoms with Gasteiger partial charge in [0.1, 0.15) is 5.75 Å². The van der Waals surface area contributed by atoms with Gasteiger partial charge in [-0.25, -0.2) is 0 Å². The molecule has 1 aromatic carbocycles. The lowest BCUT2D eigenvalue weighted by molar-refractivity contribution is 0.306. The van der Waals surface area contributed by atoms with Crippen molar-refractivity contribution in [2.75, 3.05) is 14.2 Å². The minimum atomic E-state index is 0.811. The van der Waals surface area contributed by atoms with Gasteiger partial charge < -0.3 is 4.74 Å². The molecule has 0 saturated carbocycles. The summed E-state index contributed by atoms with van der Waals surface area (Å²) in [7, 11) is 3.78. The van der Waals surface area contributed by atoms with E-state index in [0.29, 0.717) is 0 Å². The second kappa shape index (κ2) is 6.68. The van der Waals surface area contributed by atoms with Crippen LogP contribution in [0.3, 0.4) is 0 Å². The molecule has 0 radical (unpaired) electrons. The Bertz CT molecular complexity index is 528. The van der Waals surface area contributed by atoms with E-state index in [9.17, 15) is 0 Å². The molecule has 2 rings (SSSR count). The average molecular weight is 321 g/mol. The molecule has 0 bridgehead atoms. The standard InChI is InChI=1S/C15H17BrN2O/c1-18(11-14-8-7-13(16)9-17-14)10-12-5-3-4-6-15(12)19-2/h3-9H,10-11H2,1-2H3. The van der Waals surface area contributed by atoms with E-state index in [1.165, 1.54) is 5.56 Å². The van der Waals surface area contributed by atoms with E-state index < -0.39 is 0 Å². The van der Waals surface area contributed by atoms with Gasteiger partial charge in [0.15, 0.2) is 0 Å². The van der Waals surface area contributed by atoms with Gasteiger partial charge in [-0.2, -0.15) is 0 Å². The van der Waals surface area contributed by atoms with E-state index in [4.69, 9.17) is 4.74 Å². The third kappa shape index (κ3) is 4.04. The Morgan fingerprint density at radius 3 is 2.63 bits per heavy atom. The van der Waals surface area contributed by atoms with Crippen molar-refractivity contribution in [2.45, 2.75) is 13.1 Å². The van der Waals surface area contributed by atoms with Crippen LogP contribution in [0.2, 0.25) is 0 Å². The van der Waals surface area contributed by atoms with Crippen LogP contribution in [0.25, 0.3) is 0 Å². The number of benzene rings is 1. The van der Waals surface area contributed by atoms with Crippen LogP contribution >= 0.6 is 15.9 Å². The maximum Gasteiger partial charge on any atom is 0.123 e. The predicted octanol–water partition coefficient (Wildman–Crippen LogP) is 3.48. The smallest absolute Gasteiger partial charge is 0.123 e. The molecule has 0 saturated heterocycles. The first-order valence-electron chi connectivity index (χ1n) is 6.10. The number of hydrogen-bond acceptors (Lipinski definition) is 3. The lowest BCUT2D eigenvalue weighted by Crippen LogP contribution is -2.18. The van der Waals surface area contributed by atoms with Crippen LogP contribution in [0.5, 0.6) is 5.75 Å². The molecule has 4 heteroatoms. The summed E-state index contributed by atoms with van der Waals surface area (Å²) in [6.45, 7) is 1.65. The van der Waals surface area contributed by atoms with E-state index in [1.54, 1.807) is 7.11 Å². The molecule has 19 heavy (non-hydrogen) atoms. The summed E-state index contributed by atoms with van der Waals surface area (Å²) in [5.74, 6) is 0.929. The second-order valence-corrected chi connectivity index (χ2v) is 5.37. The summed E-state index contributed by atoms with van der Waals surface area (Å²) in [5, 5.41) is 0. The fraction of sp³-hybridized carbons (Fsp3) is 0.267. The molecule has 3 nitrogen and oxygen atoms in total. The molecule has 0 spiro atoms. The molecule has 0 unspecified atom stereocenters. The highest BCUT2D eigenvalue weighted by atomic mass is 79.9. The summed E-state index contributed by atoms with van der Waals surface area (Å²) in [6.07, 6.45) is 1.83. The van der Waals surface area contributed by atoms with Crippen molar-refractivity contribution < 1.29 is 4.74 Å². The van der Waals surface area contributed by atoms with Gasteiger partial charge in [0.25, 0.3) is 0 Å². The van der Waals surface area contributed by atoms with Crippen molar-refractivity contribution >= 4 is 15.9 Å². The molecule has 0 atom stereocenters. The molecule has 0 aliphatic carbocycles.